The first-order chi connectivity index (χ1) is 13.0. The topological polar surface area (TPSA) is 69.9 Å². The second-order valence-electron chi connectivity index (χ2n) is 7.86. The van der Waals surface area contributed by atoms with Gasteiger partial charge in [-0.05, 0) is 52.6 Å². The summed E-state index contributed by atoms with van der Waals surface area (Å²) in [6.07, 6.45) is 5.68. The Kier molecular flexibility index (Phi) is 6.52. The number of likely N-dealkylation sites (tertiary alicyclic amines) is 2. The minimum Gasteiger partial charge on any atom is -0.361 e. The fourth-order valence-electron chi connectivity index (χ4n) is 4.37. The van der Waals surface area contributed by atoms with E-state index in [0.717, 1.165) is 45.6 Å². The van der Waals surface area contributed by atoms with Gasteiger partial charge in [-0.15, -0.1) is 0 Å². The first-order valence-electron chi connectivity index (χ1n) is 10.2. The Labute approximate surface area is 161 Å². The Hall–Kier alpha value is -1.89. The first kappa shape index (κ1) is 19.9. The Morgan fingerprint density at radius 3 is 2.52 bits per heavy atom. The maximum atomic E-state index is 13.0. The molecule has 7 heteroatoms. The second kappa shape index (κ2) is 8.87. The number of nitrogens with zero attached hydrogens (tertiary/aromatic N) is 4. The van der Waals surface area contributed by atoms with Gasteiger partial charge in [-0.25, -0.2) is 0 Å². The van der Waals surface area contributed by atoms with E-state index in [1.54, 1.807) is 20.8 Å². The summed E-state index contributed by atoms with van der Waals surface area (Å²) < 4.78 is 5.16. The van der Waals surface area contributed by atoms with E-state index in [-0.39, 0.29) is 17.9 Å². The van der Waals surface area contributed by atoms with Gasteiger partial charge in [0, 0.05) is 39.1 Å². The van der Waals surface area contributed by atoms with Crippen LogP contribution in [0.1, 0.15) is 60.8 Å². The fraction of sp³-hybridized carbons (Fsp3) is 0.750. The van der Waals surface area contributed by atoms with Crippen LogP contribution in [0.2, 0.25) is 0 Å². The molecule has 1 aromatic rings. The molecule has 150 valence electrons. The van der Waals surface area contributed by atoms with Crippen molar-refractivity contribution in [2.24, 2.45) is 0 Å². The van der Waals surface area contributed by atoms with Crippen LogP contribution in [-0.2, 0) is 4.79 Å². The Morgan fingerprint density at radius 2 is 1.89 bits per heavy atom. The lowest BCUT2D eigenvalue weighted by molar-refractivity contribution is -0.132. The summed E-state index contributed by atoms with van der Waals surface area (Å²) in [7, 11) is 0. The third-order valence-electron chi connectivity index (χ3n) is 5.88. The van der Waals surface area contributed by atoms with E-state index >= 15 is 0 Å². The van der Waals surface area contributed by atoms with E-state index in [1.807, 2.05) is 9.80 Å². The highest BCUT2D eigenvalue weighted by molar-refractivity contribution is 5.96. The summed E-state index contributed by atoms with van der Waals surface area (Å²) in [4.78, 5) is 31.6. The van der Waals surface area contributed by atoms with Crippen molar-refractivity contribution in [2.45, 2.75) is 58.9 Å². The van der Waals surface area contributed by atoms with Gasteiger partial charge in [-0.2, -0.15) is 0 Å². The summed E-state index contributed by atoms with van der Waals surface area (Å²) >= 11 is 0. The predicted octanol–water partition coefficient (Wildman–Crippen LogP) is 2.23. The molecule has 7 nitrogen and oxygen atoms in total. The van der Waals surface area contributed by atoms with Crippen molar-refractivity contribution in [1.29, 1.82) is 0 Å². The van der Waals surface area contributed by atoms with Gasteiger partial charge < -0.3 is 19.2 Å². The third-order valence-corrected chi connectivity index (χ3v) is 5.88. The van der Waals surface area contributed by atoms with Crippen molar-refractivity contribution in [3.05, 3.63) is 17.0 Å². The molecule has 0 radical (unpaired) electrons. The van der Waals surface area contributed by atoms with E-state index in [4.69, 9.17) is 4.52 Å². The minimum absolute atomic E-state index is 0.0320. The summed E-state index contributed by atoms with van der Waals surface area (Å²) in [5.74, 6) is 0.632. The predicted molar refractivity (Wildman–Crippen MR) is 103 cm³/mol. The molecule has 0 spiro atoms. The number of aryl methyl sites for hydroxylation is 2. The second-order valence-corrected chi connectivity index (χ2v) is 7.86. The summed E-state index contributed by atoms with van der Waals surface area (Å²) in [5.41, 5.74) is 1.20. The molecule has 2 aliphatic rings. The number of carbonyl (C=O) groups is 2. The van der Waals surface area contributed by atoms with E-state index in [9.17, 15) is 9.59 Å². The molecule has 0 saturated carbocycles. The van der Waals surface area contributed by atoms with E-state index in [1.165, 1.54) is 19.3 Å². The van der Waals surface area contributed by atoms with Gasteiger partial charge in [0.2, 0.25) is 5.91 Å². The minimum atomic E-state index is -0.0320. The molecule has 0 N–H and O–H groups in total. The number of carbonyl (C=O) groups excluding carboxylic acids is 2. The molecule has 3 heterocycles. The Morgan fingerprint density at radius 1 is 1.15 bits per heavy atom. The Balaban J connectivity index is 1.63. The molecule has 2 fully saturated rings. The summed E-state index contributed by atoms with van der Waals surface area (Å²) in [6.45, 7) is 10.5. The average molecular weight is 377 g/mol. The molecule has 1 atom stereocenters. The monoisotopic (exact) mass is 376 g/mol. The molecule has 3 rings (SSSR count). The largest absolute Gasteiger partial charge is 0.361 e. The van der Waals surface area contributed by atoms with Crippen LogP contribution in [0, 0.1) is 13.8 Å². The standard InChI is InChI=1S/C20H32N4O3/c1-15-19(16(2)27-21-15)20(26)23-11-7-8-18(14-23)24(17(3)25)13-12-22-9-5-4-6-10-22/h18H,4-14H2,1-3H3. The highest BCUT2D eigenvalue weighted by Crippen LogP contribution is 2.21. The normalized spacial score (nSPS) is 21.3. The Bertz CT molecular complexity index is 647. The smallest absolute Gasteiger partial charge is 0.259 e. The van der Waals surface area contributed by atoms with Crippen LogP contribution >= 0.6 is 0 Å². The van der Waals surface area contributed by atoms with Crippen LogP contribution in [0.15, 0.2) is 4.52 Å². The number of piperidine rings is 2. The number of hydrogen-bond donors (Lipinski definition) is 0. The van der Waals surface area contributed by atoms with Gasteiger partial charge >= 0.3 is 0 Å². The molecule has 2 saturated heterocycles. The zero-order valence-electron chi connectivity index (χ0n) is 16.9. The number of aromatic nitrogens is 1. The zero-order chi connectivity index (χ0) is 19.4. The SMILES string of the molecule is CC(=O)N(CCN1CCCCC1)C1CCCN(C(=O)c2c(C)noc2C)C1. The highest BCUT2D eigenvalue weighted by atomic mass is 16.5. The molecule has 0 bridgehead atoms. The van der Waals surface area contributed by atoms with Crippen LogP contribution in [0.4, 0.5) is 0 Å². The van der Waals surface area contributed by atoms with Crippen molar-refractivity contribution in [3.63, 3.8) is 0 Å². The number of hydrogen-bond acceptors (Lipinski definition) is 5. The highest BCUT2D eigenvalue weighted by Gasteiger charge is 2.32. The fourth-order valence-corrected chi connectivity index (χ4v) is 4.37. The van der Waals surface area contributed by atoms with Crippen LogP contribution in [-0.4, -0.2) is 77.0 Å². The molecule has 27 heavy (non-hydrogen) atoms. The molecule has 2 amide bonds. The van der Waals surface area contributed by atoms with Gasteiger partial charge in [0.15, 0.2) is 0 Å². The summed E-state index contributed by atoms with van der Waals surface area (Å²) in [5, 5.41) is 3.90. The first-order valence-corrected chi connectivity index (χ1v) is 10.2. The van der Waals surface area contributed by atoms with E-state index in [0.29, 0.717) is 23.6 Å². The number of amides is 2. The van der Waals surface area contributed by atoms with Gasteiger partial charge in [0.1, 0.15) is 11.3 Å². The maximum absolute atomic E-state index is 13.0. The van der Waals surface area contributed by atoms with Crippen LogP contribution < -0.4 is 0 Å². The lowest BCUT2D eigenvalue weighted by Crippen LogP contribution is -2.53. The third kappa shape index (κ3) is 4.69. The quantitative estimate of drug-likeness (QED) is 0.788. The molecule has 1 unspecified atom stereocenters. The van der Waals surface area contributed by atoms with Gasteiger partial charge in [0.05, 0.1) is 5.69 Å². The molecule has 2 aliphatic heterocycles. The lowest BCUT2D eigenvalue weighted by atomic mass is 10.0. The average Bonchev–Trinajstić information content (AvgIpc) is 3.00. The van der Waals surface area contributed by atoms with E-state index < -0.39 is 0 Å². The lowest BCUT2D eigenvalue weighted by Gasteiger charge is -2.40. The van der Waals surface area contributed by atoms with Gasteiger partial charge in [0.25, 0.3) is 5.91 Å². The van der Waals surface area contributed by atoms with E-state index in [2.05, 4.69) is 10.1 Å². The van der Waals surface area contributed by atoms with Crippen LogP contribution in [0.5, 0.6) is 0 Å². The number of rotatable bonds is 5. The van der Waals surface area contributed by atoms with Crippen LogP contribution in [0.3, 0.4) is 0 Å². The maximum Gasteiger partial charge on any atom is 0.259 e. The van der Waals surface area contributed by atoms with Crippen molar-refractivity contribution in [2.75, 3.05) is 39.3 Å². The van der Waals surface area contributed by atoms with Crippen molar-refractivity contribution in [3.8, 4) is 0 Å². The molecular weight excluding hydrogens is 344 g/mol. The van der Waals surface area contributed by atoms with Crippen LogP contribution in [0.25, 0.3) is 0 Å². The molecular formula is C20H32N4O3. The van der Waals surface area contributed by atoms with Gasteiger partial charge in [-0.1, -0.05) is 11.6 Å². The van der Waals surface area contributed by atoms with Crippen molar-refractivity contribution < 1.29 is 14.1 Å². The molecule has 1 aromatic heterocycles. The van der Waals surface area contributed by atoms with Crippen molar-refractivity contribution >= 4 is 11.8 Å². The van der Waals surface area contributed by atoms with Crippen molar-refractivity contribution in [1.82, 2.24) is 19.9 Å². The zero-order valence-corrected chi connectivity index (χ0v) is 16.9. The van der Waals surface area contributed by atoms with Gasteiger partial charge in [-0.3, -0.25) is 9.59 Å². The molecule has 0 aromatic carbocycles. The molecule has 0 aliphatic carbocycles. The summed E-state index contributed by atoms with van der Waals surface area (Å²) in [6, 6.07) is 0.0884.